The highest BCUT2D eigenvalue weighted by molar-refractivity contribution is 7.99. The number of hydrogen-bond acceptors (Lipinski definition) is 10. The van der Waals surface area contributed by atoms with Crippen LogP contribution in [0.1, 0.15) is 23.5 Å². The van der Waals surface area contributed by atoms with Crippen molar-refractivity contribution in [3.05, 3.63) is 53.6 Å². The molecule has 0 aromatic heterocycles. The lowest BCUT2D eigenvalue weighted by Crippen LogP contribution is -2.51. The van der Waals surface area contributed by atoms with Gasteiger partial charge < -0.3 is 43.7 Å². The van der Waals surface area contributed by atoms with Gasteiger partial charge in [-0.05, 0) is 41.8 Å². The molecule has 2 aliphatic rings. The Kier molecular flexibility index (Phi) is 13.5. The van der Waals surface area contributed by atoms with Gasteiger partial charge in [0.1, 0.15) is 18.5 Å². The number of piperidine rings is 1. The highest BCUT2D eigenvalue weighted by Crippen LogP contribution is 2.35. The molecule has 0 spiro atoms. The van der Waals surface area contributed by atoms with E-state index in [1.807, 2.05) is 0 Å². The summed E-state index contributed by atoms with van der Waals surface area (Å²) in [5.41, 5.74) is 3.39. The minimum Gasteiger partial charge on any atom is -0.490 e. The van der Waals surface area contributed by atoms with Gasteiger partial charge in [0.2, 0.25) is 0 Å². The summed E-state index contributed by atoms with van der Waals surface area (Å²) in [6, 6.07) is 15.0. The largest absolute Gasteiger partial charge is 0.490 e. The highest BCUT2D eigenvalue weighted by atomic mass is 32.2. The average Bonchev–Trinajstić information content (AvgIpc) is 3.00. The van der Waals surface area contributed by atoms with Crippen LogP contribution in [0.5, 0.6) is 5.75 Å². The summed E-state index contributed by atoms with van der Waals surface area (Å²) in [6.07, 6.45) is 0.0351. The van der Waals surface area contributed by atoms with Crippen molar-refractivity contribution in [3.63, 3.8) is 0 Å². The number of methoxy groups -OCH3 is 3. The number of fused-ring (bicyclic) bond motifs is 1. The molecular formula is C31H46N2O7S. The lowest BCUT2D eigenvalue weighted by molar-refractivity contribution is -0.0856. The molecule has 1 unspecified atom stereocenters. The number of anilines is 1. The zero-order valence-electron chi connectivity index (χ0n) is 24.6. The molecule has 1 fully saturated rings. The summed E-state index contributed by atoms with van der Waals surface area (Å²) < 4.78 is 34.4. The zero-order chi connectivity index (χ0) is 28.9. The second kappa shape index (κ2) is 17.3. The topological polar surface area (TPSA) is 90.9 Å². The Balaban J connectivity index is 1.47. The number of aliphatic hydroxyl groups excluding tert-OH is 1. The van der Waals surface area contributed by atoms with Crippen LogP contribution in [0.25, 0.3) is 0 Å². The number of benzene rings is 2. The number of aliphatic hydroxyl groups is 1. The molecule has 10 heteroatoms. The third kappa shape index (κ3) is 9.56. The fourth-order valence-corrected chi connectivity index (χ4v) is 6.18. The molecule has 41 heavy (non-hydrogen) atoms. The van der Waals surface area contributed by atoms with Crippen LogP contribution in [0.4, 0.5) is 5.69 Å². The van der Waals surface area contributed by atoms with Crippen LogP contribution in [0, 0.1) is 0 Å². The van der Waals surface area contributed by atoms with Crippen molar-refractivity contribution >= 4 is 17.4 Å². The molecule has 0 bridgehead atoms. The molecule has 0 saturated carbocycles. The van der Waals surface area contributed by atoms with Gasteiger partial charge in [-0.3, -0.25) is 0 Å². The lowest BCUT2D eigenvalue weighted by atomic mass is 9.85. The van der Waals surface area contributed by atoms with Gasteiger partial charge in [0.05, 0.1) is 50.9 Å². The molecule has 4 atom stereocenters. The first kappa shape index (κ1) is 32.0. The molecule has 2 heterocycles. The van der Waals surface area contributed by atoms with Gasteiger partial charge in [0, 0.05) is 64.1 Å². The van der Waals surface area contributed by atoms with Crippen molar-refractivity contribution in [1.29, 1.82) is 0 Å². The van der Waals surface area contributed by atoms with E-state index in [2.05, 4.69) is 52.7 Å². The van der Waals surface area contributed by atoms with E-state index >= 15 is 0 Å². The summed E-state index contributed by atoms with van der Waals surface area (Å²) in [6.45, 7) is 6.26. The van der Waals surface area contributed by atoms with E-state index in [-0.39, 0.29) is 31.3 Å². The second-order valence-electron chi connectivity index (χ2n) is 10.4. The lowest BCUT2D eigenvalue weighted by Gasteiger charge is -2.39. The van der Waals surface area contributed by atoms with E-state index < -0.39 is 6.10 Å². The maximum Gasteiger partial charge on any atom is 0.142 e. The summed E-state index contributed by atoms with van der Waals surface area (Å²) in [7, 11) is 5.04. The second-order valence-corrected chi connectivity index (χ2v) is 11.6. The quantitative estimate of drug-likeness (QED) is 0.211. The summed E-state index contributed by atoms with van der Waals surface area (Å²) in [4.78, 5) is 3.57. The van der Waals surface area contributed by atoms with Crippen LogP contribution in [0.2, 0.25) is 0 Å². The average molecular weight is 591 g/mol. The molecule has 1 saturated heterocycles. The smallest absolute Gasteiger partial charge is 0.142 e. The normalized spacial score (nSPS) is 21.4. The molecule has 2 aliphatic heterocycles. The zero-order valence-corrected chi connectivity index (χ0v) is 25.4. The summed E-state index contributed by atoms with van der Waals surface area (Å²) in [5.74, 6) is 1.84. The van der Waals surface area contributed by atoms with Gasteiger partial charge in [-0.2, -0.15) is 0 Å². The van der Waals surface area contributed by atoms with Crippen LogP contribution in [0.3, 0.4) is 0 Å². The molecule has 2 aromatic rings. The minimum atomic E-state index is -0.675. The van der Waals surface area contributed by atoms with E-state index in [0.29, 0.717) is 26.3 Å². The Hall–Kier alpha value is -1.89. The Morgan fingerprint density at radius 2 is 1.76 bits per heavy atom. The van der Waals surface area contributed by atoms with Crippen molar-refractivity contribution in [3.8, 4) is 5.75 Å². The molecule has 4 rings (SSSR count). The first-order valence-electron chi connectivity index (χ1n) is 14.4. The summed E-state index contributed by atoms with van der Waals surface area (Å²) >= 11 is 1.78. The number of hydrogen-bond donors (Lipinski definition) is 2. The minimum absolute atomic E-state index is 0.00974. The van der Waals surface area contributed by atoms with Gasteiger partial charge in [-0.15, -0.1) is 11.8 Å². The molecule has 9 nitrogen and oxygen atoms in total. The van der Waals surface area contributed by atoms with Crippen molar-refractivity contribution < 1.29 is 33.5 Å². The van der Waals surface area contributed by atoms with E-state index in [0.717, 1.165) is 55.5 Å². The van der Waals surface area contributed by atoms with Crippen LogP contribution in [-0.2, 0) is 30.3 Å². The fraction of sp³-hybridized carbons (Fsp3) is 0.613. The van der Waals surface area contributed by atoms with E-state index in [9.17, 15) is 5.11 Å². The Morgan fingerprint density at radius 1 is 0.976 bits per heavy atom. The maximum atomic E-state index is 10.2. The van der Waals surface area contributed by atoms with Gasteiger partial charge in [0.15, 0.2) is 0 Å². The standard InChI is InChI=1S/C31H46N2O7S/c1-35-13-4-11-33-12-14-38-28-10-5-23(17-27(28)33)20-39-29-18-32-19-30(40-22-25(34)21-37-3)31(29)24-6-8-26(9-7-24)41-16-15-36-2/h5-10,17,25,29-32,34H,4,11-16,18-22H2,1-3H3/t25?,29-,30+,31+/m0/s1. The van der Waals surface area contributed by atoms with Crippen molar-refractivity contribution in [2.75, 3.05) is 91.2 Å². The number of nitrogens with one attached hydrogen (secondary N) is 1. The number of thioether (sulfide) groups is 1. The van der Waals surface area contributed by atoms with Gasteiger partial charge in [-0.1, -0.05) is 18.2 Å². The fourth-order valence-electron chi connectivity index (χ4n) is 5.36. The highest BCUT2D eigenvalue weighted by Gasteiger charge is 2.36. The molecule has 228 valence electrons. The third-order valence-corrected chi connectivity index (χ3v) is 8.37. The third-order valence-electron chi connectivity index (χ3n) is 7.40. The van der Waals surface area contributed by atoms with Crippen molar-refractivity contribution in [2.45, 2.75) is 42.2 Å². The van der Waals surface area contributed by atoms with Gasteiger partial charge in [0.25, 0.3) is 0 Å². The molecular weight excluding hydrogens is 544 g/mol. The molecule has 2 N–H and O–H groups in total. The molecule has 0 aliphatic carbocycles. The molecule has 2 aromatic carbocycles. The SMILES string of the molecule is COCCCN1CCOc2ccc(CO[C@H]3CNC[C@@H](OCC(O)COC)[C@@H]3c3ccc(SCCOC)cc3)cc21. The van der Waals surface area contributed by atoms with E-state index in [4.69, 9.17) is 28.4 Å². The first-order chi connectivity index (χ1) is 20.1. The first-order valence-corrected chi connectivity index (χ1v) is 15.4. The summed E-state index contributed by atoms with van der Waals surface area (Å²) in [5, 5.41) is 13.7. The number of nitrogens with zero attached hydrogens (tertiary/aromatic N) is 1. The molecule has 0 amide bonds. The monoisotopic (exact) mass is 590 g/mol. The van der Waals surface area contributed by atoms with Crippen molar-refractivity contribution in [1.82, 2.24) is 5.32 Å². The van der Waals surface area contributed by atoms with E-state index in [1.165, 1.54) is 10.5 Å². The Morgan fingerprint density at radius 3 is 2.51 bits per heavy atom. The van der Waals surface area contributed by atoms with Crippen LogP contribution in [-0.4, -0.2) is 110 Å². The van der Waals surface area contributed by atoms with Crippen molar-refractivity contribution in [2.24, 2.45) is 0 Å². The van der Waals surface area contributed by atoms with Gasteiger partial charge in [-0.25, -0.2) is 0 Å². The predicted molar refractivity (Wildman–Crippen MR) is 161 cm³/mol. The molecule has 0 radical (unpaired) electrons. The maximum absolute atomic E-state index is 10.2. The predicted octanol–water partition coefficient (Wildman–Crippen LogP) is 3.33. The van der Waals surface area contributed by atoms with Gasteiger partial charge >= 0.3 is 0 Å². The van der Waals surface area contributed by atoms with E-state index in [1.54, 1.807) is 33.1 Å². The van der Waals surface area contributed by atoms with Crippen LogP contribution < -0.4 is 15.0 Å². The number of rotatable bonds is 17. The van der Waals surface area contributed by atoms with Crippen LogP contribution in [0.15, 0.2) is 47.4 Å². The Labute approximate surface area is 248 Å². The van der Waals surface area contributed by atoms with Crippen LogP contribution >= 0.6 is 11.8 Å². The Bertz CT molecular complexity index is 1030. The number of ether oxygens (including phenoxy) is 6.